The molecule has 0 saturated heterocycles. The normalized spacial score (nSPS) is 12.0. The average Bonchev–Trinajstić information content (AvgIpc) is 2.73. The lowest BCUT2D eigenvalue weighted by molar-refractivity contribution is -0.137. The van der Waals surface area contributed by atoms with Crippen LogP contribution in [0.2, 0.25) is 0 Å². The predicted octanol–water partition coefficient (Wildman–Crippen LogP) is 6.34. The first kappa shape index (κ1) is 20.1. The van der Waals surface area contributed by atoms with Crippen molar-refractivity contribution in [1.29, 1.82) is 0 Å². The van der Waals surface area contributed by atoms with Crippen molar-refractivity contribution >= 4 is 39.0 Å². The highest BCUT2D eigenvalue weighted by Crippen LogP contribution is 2.30. The fourth-order valence-corrected chi connectivity index (χ4v) is 3.34. The highest BCUT2D eigenvalue weighted by atomic mass is 79.9. The van der Waals surface area contributed by atoms with Crippen LogP contribution in [0.3, 0.4) is 0 Å². The first-order chi connectivity index (χ1) is 14.3. The molecule has 0 radical (unpaired) electrons. The van der Waals surface area contributed by atoms with Gasteiger partial charge in [-0.25, -0.2) is 4.98 Å². The van der Waals surface area contributed by atoms with E-state index in [0.717, 1.165) is 22.2 Å². The predicted molar refractivity (Wildman–Crippen MR) is 115 cm³/mol. The van der Waals surface area contributed by atoms with E-state index in [1.54, 1.807) is 36.4 Å². The maximum Gasteiger partial charge on any atom is 0.416 e. The van der Waals surface area contributed by atoms with Gasteiger partial charge in [0.25, 0.3) is 5.56 Å². The van der Waals surface area contributed by atoms with Crippen molar-refractivity contribution in [2.75, 3.05) is 0 Å². The van der Waals surface area contributed by atoms with Gasteiger partial charge in [0.2, 0.25) is 0 Å². The van der Waals surface area contributed by atoms with Crippen LogP contribution in [0.5, 0.6) is 0 Å². The van der Waals surface area contributed by atoms with Crippen LogP contribution in [0, 0.1) is 0 Å². The number of para-hydroxylation sites is 1. The number of alkyl halides is 3. The minimum atomic E-state index is -4.52. The van der Waals surface area contributed by atoms with Gasteiger partial charge in [-0.3, -0.25) is 9.36 Å². The molecule has 0 fully saturated rings. The summed E-state index contributed by atoms with van der Waals surface area (Å²) in [6, 6.07) is 18.9. The summed E-state index contributed by atoms with van der Waals surface area (Å²) in [4.78, 5) is 17.7. The van der Waals surface area contributed by atoms with Gasteiger partial charge in [0.05, 0.1) is 22.2 Å². The summed E-state index contributed by atoms with van der Waals surface area (Å²) < 4.78 is 41.8. The van der Waals surface area contributed by atoms with Crippen molar-refractivity contribution in [3.05, 3.63) is 105 Å². The number of halogens is 4. The molecule has 0 aliphatic carbocycles. The van der Waals surface area contributed by atoms with Gasteiger partial charge in [-0.05, 0) is 54.1 Å². The van der Waals surface area contributed by atoms with Gasteiger partial charge in [-0.1, -0.05) is 52.3 Å². The lowest BCUT2D eigenvalue weighted by Gasteiger charge is -2.14. The van der Waals surface area contributed by atoms with Crippen molar-refractivity contribution in [3.63, 3.8) is 0 Å². The zero-order valence-corrected chi connectivity index (χ0v) is 17.0. The van der Waals surface area contributed by atoms with Gasteiger partial charge in [-0.2, -0.15) is 13.2 Å². The lowest BCUT2D eigenvalue weighted by Crippen LogP contribution is -2.22. The molecule has 150 valence electrons. The molecule has 3 aromatic carbocycles. The summed E-state index contributed by atoms with van der Waals surface area (Å²) in [7, 11) is 0. The van der Waals surface area contributed by atoms with Crippen molar-refractivity contribution in [2.45, 2.75) is 6.18 Å². The largest absolute Gasteiger partial charge is 0.416 e. The molecular formula is C23H14BrF3N2O. The molecule has 1 heterocycles. The van der Waals surface area contributed by atoms with Crippen molar-refractivity contribution in [1.82, 2.24) is 9.55 Å². The Hall–Kier alpha value is -3.19. The third-order valence-corrected chi connectivity index (χ3v) is 5.06. The molecule has 3 nitrogen and oxygen atoms in total. The van der Waals surface area contributed by atoms with E-state index in [-0.39, 0.29) is 11.5 Å². The number of nitrogens with zero attached hydrogens (tertiary/aromatic N) is 2. The number of hydrogen-bond acceptors (Lipinski definition) is 2. The van der Waals surface area contributed by atoms with Crippen LogP contribution >= 0.6 is 15.9 Å². The fraction of sp³-hybridized carbons (Fsp3) is 0.0435. The summed E-state index contributed by atoms with van der Waals surface area (Å²) in [6.07, 6.45) is -1.14. The summed E-state index contributed by atoms with van der Waals surface area (Å²) >= 11 is 3.37. The summed E-state index contributed by atoms with van der Waals surface area (Å²) in [6.45, 7) is 0. The molecule has 0 amide bonds. The van der Waals surface area contributed by atoms with E-state index in [2.05, 4.69) is 20.9 Å². The zero-order chi connectivity index (χ0) is 21.3. The monoisotopic (exact) mass is 470 g/mol. The van der Waals surface area contributed by atoms with E-state index in [4.69, 9.17) is 0 Å². The topological polar surface area (TPSA) is 34.9 Å². The summed E-state index contributed by atoms with van der Waals surface area (Å²) in [5.41, 5.74) is 0.166. The molecule has 4 aromatic rings. The van der Waals surface area contributed by atoms with Crippen LogP contribution in [-0.2, 0) is 6.18 Å². The van der Waals surface area contributed by atoms with Gasteiger partial charge in [0, 0.05) is 4.47 Å². The minimum absolute atomic E-state index is 0.100. The molecule has 0 saturated carbocycles. The average molecular weight is 471 g/mol. The van der Waals surface area contributed by atoms with Crippen LogP contribution in [0.25, 0.3) is 28.7 Å². The smallest absolute Gasteiger partial charge is 0.268 e. The third kappa shape index (κ3) is 4.07. The molecule has 1 aromatic heterocycles. The van der Waals surface area contributed by atoms with E-state index < -0.39 is 17.3 Å². The highest BCUT2D eigenvalue weighted by Gasteiger charge is 2.30. The van der Waals surface area contributed by atoms with E-state index >= 15 is 0 Å². The zero-order valence-electron chi connectivity index (χ0n) is 15.4. The SMILES string of the molecule is O=c1c2ccccc2nc(/C=C/c2ccc(Br)cc2)n1-c1cccc(C(F)(F)F)c1. The van der Waals surface area contributed by atoms with Crippen LogP contribution < -0.4 is 5.56 Å². The van der Waals surface area contributed by atoms with Crippen LogP contribution in [-0.4, -0.2) is 9.55 Å². The second-order valence-corrected chi connectivity index (χ2v) is 7.48. The van der Waals surface area contributed by atoms with Crippen molar-refractivity contribution in [2.24, 2.45) is 0 Å². The molecule has 30 heavy (non-hydrogen) atoms. The Morgan fingerprint density at radius 3 is 2.37 bits per heavy atom. The first-order valence-electron chi connectivity index (χ1n) is 8.96. The molecule has 4 rings (SSSR count). The number of hydrogen-bond donors (Lipinski definition) is 0. The number of aromatic nitrogens is 2. The van der Waals surface area contributed by atoms with E-state index in [0.29, 0.717) is 10.9 Å². The molecule has 0 N–H and O–H groups in total. The molecule has 0 aliphatic rings. The number of rotatable bonds is 3. The van der Waals surface area contributed by atoms with Crippen LogP contribution in [0.15, 0.2) is 82.1 Å². The van der Waals surface area contributed by atoms with Crippen molar-refractivity contribution < 1.29 is 13.2 Å². The standard InChI is InChI=1S/C23H14BrF3N2O/c24-17-11-8-15(9-12-17)10-13-21-28-20-7-2-1-6-19(20)22(30)29(21)18-5-3-4-16(14-18)23(25,26)27/h1-14H/b13-10+. The maximum atomic E-state index is 13.2. The lowest BCUT2D eigenvalue weighted by atomic mass is 10.1. The van der Waals surface area contributed by atoms with Gasteiger partial charge in [-0.15, -0.1) is 0 Å². The van der Waals surface area contributed by atoms with Gasteiger partial charge in [0.1, 0.15) is 5.82 Å². The van der Waals surface area contributed by atoms with E-state index in [1.165, 1.54) is 16.7 Å². The molecule has 0 bridgehead atoms. The van der Waals surface area contributed by atoms with Crippen LogP contribution in [0.1, 0.15) is 17.0 Å². The quantitative estimate of drug-likeness (QED) is 0.350. The summed E-state index contributed by atoms with van der Waals surface area (Å²) in [5.74, 6) is 0.237. The molecule has 0 atom stereocenters. The maximum absolute atomic E-state index is 13.2. The molecule has 0 unspecified atom stereocenters. The molecule has 0 aliphatic heterocycles. The first-order valence-corrected chi connectivity index (χ1v) is 9.75. The van der Waals surface area contributed by atoms with Gasteiger partial charge in [0.15, 0.2) is 0 Å². The Morgan fingerprint density at radius 1 is 0.900 bits per heavy atom. The third-order valence-electron chi connectivity index (χ3n) is 4.53. The van der Waals surface area contributed by atoms with Gasteiger partial charge < -0.3 is 0 Å². The fourth-order valence-electron chi connectivity index (χ4n) is 3.08. The van der Waals surface area contributed by atoms with Crippen LogP contribution in [0.4, 0.5) is 13.2 Å². The second-order valence-electron chi connectivity index (χ2n) is 6.56. The van der Waals surface area contributed by atoms with Gasteiger partial charge >= 0.3 is 6.18 Å². The minimum Gasteiger partial charge on any atom is -0.268 e. The van der Waals surface area contributed by atoms with E-state index in [9.17, 15) is 18.0 Å². The Labute approximate surface area is 178 Å². The highest BCUT2D eigenvalue weighted by molar-refractivity contribution is 9.10. The molecule has 0 spiro atoms. The molecule has 7 heteroatoms. The Balaban J connectivity index is 1.93. The van der Waals surface area contributed by atoms with Crippen molar-refractivity contribution in [3.8, 4) is 5.69 Å². The van der Waals surface area contributed by atoms with E-state index in [1.807, 2.05) is 24.3 Å². The Kier molecular flexibility index (Phi) is 5.30. The Bertz CT molecular complexity index is 1310. The summed E-state index contributed by atoms with van der Waals surface area (Å²) in [5, 5.41) is 0.329. The number of fused-ring (bicyclic) bond motifs is 1. The Morgan fingerprint density at radius 2 is 1.63 bits per heavy atom. The molecular weight excluding hydrogens is 457 g/mol. The second kappa shape index (κ2) is 7.91. The number of benzene rings is 3.